The van der Waals surface area contributed by atoms with Crippen LogP contribution in [0, 0.1) is 10.1 Å². The Balaban J connectivity index is 2.21. The predicted octanol–water partition coefficient (Wildman–Crippen LogP) is 2.41. The van der Waals surface area contributed by atoms with Crippen LogP contribution in [0.3, 0.4) is 0 Å². The van der Waals surface area contributed by atoms with E-state index in [1.165, 1.54) is 12.3 Å². The zero-order valence-electron chi connectivity index (χ0n) is 10.9. The van der Waals surface area contributed by atoms with Gasteiger partial charge in [-0.25, -0.2) is 0 Å². The zero-order valence-corrected chi connectivity index (χ0v) is 10.9. The van der Waals surface area contributed by atoms with Gasteiger partial charge in [-0.15, -0.1) is 0 Å². The van der Waals surface area contributed by atoms with Crippen LogP contribution in [0.2, 0.25) is 0 Å². The number of nitrogens with one attached hydrogen (secondary N) is 1. The molecular weight excluding hydrogens is 258 g/mol. The maximum Gasteiger partial charge on any atom is 0.363 e. The summed E-state index contributed by atoms with van der Waals surface area (Å²) in [4.78, 5) is 25.4. The van der Waals surface area contributed by atoms with E-state index in [1.54, 1.807) is 30.3 Å². The first-order valence-corrected chi connectivity index (χ1v) is 6.11. The number of benzene rings is 1. The van der Waals surface area contributed by atoms with Crippen LogP contribution in [0.4, 0.5) is 5.82 Å². The number of carbonyl (C=O) groups is 1. The molecule has 2 rings (SSSR count). The highest BCUT2D eigenvalue weighted by Gasteiger charge is 2.08. The van der Waals surface area contributed by atoms with Gasteiger partial charge in [0, 0.05) is 23.7 Å². The van der Waals surface area contributed by atoms with Crippen LogP contribution in [0.15, 0.2) is 42.6 Å². The number of nitro groups is 1. The number of amides is 1. The van der Waals surface area contributed by atoms with Crippen LogP contribution in [0.25, 0.3) is 11.1 Å². The van der Waals surface area contributed by atoms with E-state index in [-0.39, 0.29) is 11.7 Å². The number of hydrogen-bond donors (Lipinski definition) is 1. The van der Waals surface area contributed by atoms with E-state index < -0.39 is 4.92 Å². The standard InChI is InChI=1S/C14H13N3O3/c1-2-15-14(18)11-5-3-10(4-6-11)12-7-8-13(16-9-12)17(19)20/h3-9H,2H2,1H3,(H,15,18). The summed E-state index contributed by atoms with van der Waals surface area (Å²) in [5.74, 6) is -0.312. The topological polar surface area (TPSA) is 85.1 Å². The Morgan fingerprint density at radius 3 is 2.35 bits per heavy atom. The smallest absolute Gasteiger partial charge is 0.358 e. The lowest BCUT2D eigenvalue weighted by molar-refractivity contribution is -0.389. The van der Waals surface area contributed by atoms with Crippen molar-refractivity contribution < 1.29 is 9.72 Å². The van der Waals surface area contributed by atoms with Gasteiger partial charge in [0.25, 0.3) is 5.91 Å². The van der Waals surface area contributed by atoms with E-state index in [9.17, 15) is 14.9 Å². The van der Waals surface area contributed by atoms with E-state index in [4.69, 9.17) is 0 Å². The molecule has 6 heteroatoms. The summed E-state index contributed by atoms with van der Waals surface area (Å²) in [6.07, 6.45) is 1.44. The summed E-state index contributed by atoms with van der Waals surface area (Å²) in [6, 6.07) is 9.98. The van der Waals surface area contributed by atoms with Crippen LogP contribution < -0.4 is 5.32 Å². The average Bonchev–Trinajstić information content (AvgIpc) is 2.48. The highest BCUT2D eigenvalue weighted by Crippen LogP contribution is 2.20. The fourth-order valence-corrected chi connectivity index (χ4v) is 1.74. The number of rotatable bonds is 4. The minimum Gasteiger partial charge on any atom is -0.358 e. The van der Waals surface area contributed by atoms with Crippen LogP contribution in [0.1, 0.15) is 17.3 Å². The van der Waals surface area contributed by atoms with Crippen LogP contribution in [-0.4, -0.2) is 22.4 Å². The van der Waals surface area contributed by atoms with Gasteiger partial charge in [0.15, 0.2) is 0 Å². The molecule has 0 spiro atoms. The van der Waals surface area contributed by atoms with Crippen LogP contribution >= 0.6 is 0 Å². The summed E-state index contributed by atoms with van der Waals surface area (Å²) < 4.78 is 0. The molecule has 0 saturated heterocycles. The second kappa shape index (κ2) is 5.92. The Morgan fingerprint density at radius 2 is 1.85 bits per heavy atom. The number of pyridine rings is 1. The summed E-state index contributed by atoms with van der Waals surface area (Å²) in [5, 5.41) is 13.2. The third-order valence-corrected chi connectivity index (χ3v) is 2.75. The van der Waals surface area contributed by atoms with Crippen molar-refractivity contribution in [2.45, 2.75) is 6.92 Å². The summed E-state index contributed by atoms with van der Waals surface area (Å²) >= 11 is 0. The lowest BCUT2D eigenvalue weighted by Gasteiger charge is -2.03. The van der Waals surface area contributed by atoms with E-state index in [2.05, 4.69) is 10.3 Å². The molecule has 0 radical (unpaired) electrons. The Labute approximate surface area is 115 Å². The summed E-state index contributed by atoms with van der Waals surface area (Å²) in [5.41, 5.74) is 2.18. The Morgan fingerprint density at radius 1 is 1.20 bits per heavy atom. The first kappa shape index (κ1) is 13.7. The average molecular weight is 271 g/mol. The lowest BCUT2D eigenvalue weighted by atomic mass is 10.1. The fraction of sp³-hybridized carbons (Fsp3) is 0.143. The van der Waals surface area contributed by atoms with Crippen molar-refractivity contribution in [1.82, 2.24) is 10.3 Å². The Kier molecular flexibility index (Phi) is 4.05. The molecule has 0 unspecified atom stereocenters. The van der Waals surface area contributed by atoms with Gasteiger partial charge in [-0.3, -0.25) is 4.79 Å². The highest BCUT2D eigenvalue weighted by atomic mass is 16.6. The minimum absolute atomic E-state index is 0.124. The molecule has 1 amide bonds. The molecule has 1 heterocycles. The molecular formula is C14H13N3O3. The molecule has 0 aliphatic heterocycles. The number of hydrogen-bond acceptors (Lipinski definition) is 4. The monoisotopic (exact) mass is 271 g/mol. The van der Waals surface area contributed by atoms with E-state index in [0.29, 0.717) is 12.1 Å². The molecule has 0 saturated carbocycles. The van der Waals surface area contributed by atoms with Gasteiger partial charge >= 0.3 is 5.82 Å². The number of nitrogens with zero attached hydrogens (tertiary/aromatic N) is 2. The second-order valence-corrected chi connectivity index (χ2v) is 4.10. The van der Waals surface area contributed by atoms with Gasteiger partial charge in [-0.2, -0.15) is 0 Å². The van der Waals surface area contributed by atoms with Gasteiger partial charge in [0.05, 0.1) is 0 Å². The van der Waals surface area contributed by atoms with E-state index in [1.807, 2.05) is 6.92 Å². The van der Waals surface area contributed by atoms with E-state index in [0.717, 1.165) is 11.1 Å². The quantitative estimate of drug-likeness (QED) is 0.683. The predicted molar refractivity (Wildman–Crippen MR) is 74.3 cm³/mol. The van der Waals surface area contributed by atoms with Crippen molar-refractivity contribution in [3.8, 4) is 11.1 Å². The van der Waals surface area contributed by atoms with Gasteiger partial charge < -0.3 is 15.4 Å². The third kappa shape index (κ3) is 2.97. The molecule has 0 aliphatic rings. The largest absolute Gasteiger partial charge is 0.363 e. The molecule has 1 N–H and O–H groups in total. The maximum atomic E-state index is 11.6. The summed E-state index contributed by atoms with van der Waals surface area (Å²) in [7, 11) is 0. The molecule has 6 nitrogen and oxygen atoms in total. The van der Waals surface area contributed by atoms with Crippen LogP contribution in [-0.2, 0) is 0 Å². The SMILES string of the molecule is CCNC(=O)c1ccc(-c2ccc([N+](=O)[O-])nc2)cc1. The molecule has 1 aromatic carbocycles. The fourth-order valence-electron chi connectivity index (χ4n) is 1.74. The maximum absolute atomic E-state index is 11.6. The van der Waals surface area contributed by atoms with Crippen molar-refractivity contribution >= 4 is 11.7 Å². The first-order valence-electron chi connectivity index (χ1n) is 6.11. The molecule has 0 atom stereocenters. The van der Waals surface area contributed by atoms with Gasteiger partial charge in [-0.05, 0) is 40.6 Å². The molecule has 0 fully saturated rings. The van der Waals surface area contributed by atoms with Crippen molar-refractivity contribution in [3.63, 3.8) is 0 Å². The van der Waals surface area contributed by atoms with Crippen LogP contribution in [0.5, 0.6) is 0 Å². The zero-order chi connectivity index (χ0) is 14.5. The van der Waals surface area contributed by atoms with Gasteiger partial charge in [0.2, 0.25) is 0 Å². The Bertz CT molecular complexity index is 621. The molecule has 1 aromatic heterocycles. The molecule has 2 aromatic rings. The van der Waals surface area contributed by atoms with Gasteiger partial charge in [-0.1, -0.05) is 12.1 Å². The van der Waals surface area contributed by atoms with Crippen molar-refractivity contribution in [1.29, 1.82) is 0 Å². The first-order chi connectivity index (χ1) is 9.61. The Hall–Kier alpha value is -2.76. The van der Waals surface area contributed by atoms with Crippen molar-refractivity contribution in [2.24, 2.45) is 0 Å². The molecule has 102 valence electrons. The van der Waals surface area contributed by atoms with Crippen molar-refractivity contribution in [2.75, 3.05) is 6.54 Å². The summed E-state index contributed by atoms with van der Waals surface area (Å²) in [6.45, 7) is 2.43. The normalized spacial score (nSPS) is 10.1. The second-order valence-electron chi connectivity index (χ2n) is 4.10. The molecule has 0 aliphatic carbocycles. The van der Waals surface area contributed by atoms with Gasteiger partial charge in [0.1, 0.15) is 6.20 Å². The minimum atomic E-state index is -0.540. The number of aromatic nitrogens is 1. The van der Waals surface area contributed by atoms with E-state index >= 15 is 0 Å². The number of carbonyl (C=O) groups excluding carboxylic acids is 1. The molecule has 0 bridgehead atoms. The van der Waals surface area contributed by atoms with Crippen molar-refractivity contribution in [3.05, 3.63) is 58.3 Å². The molecule has 20 heavy (non-hydrogen) atoms. The highest BCUT2D eigenvalue weighted by molar-refractivity contribution is 5.94. The third-order valence-electron chi connectivity index (χ3n) is 2.75. The lowest BCUT2D eigenvalue weighted by Crippen LogP contribution is -2.22.